The van der Waals surface area contributed by atoms with Crippen molar-refractivity contribution in [1.29, 1.82) is 0 Å². The first-order chi connectivity index (χ1) is 9.04. The summed E-state index contributed by atoms with van der Waals surface area (Å²) in [5.41, 5.74) is 2.21. The molecule has 1 unspecified atom stereocenters. The van der Waals surface area contributed by atoms with Crippen LogP contribution in [-0.4, -0.2) is 56.7 Å². The number of likely N-dealkylation sites (N-methyl/N-ethyl adjacent to an activating group) is 1. The number of aliphatic hydroxyl groups is 1. The maximum atomic E-state index is 12.1. The van der Waals surface area contributed by atoms with Gasteiger partial charge in [0.2, 0.25) is 0 Å². The molecule has 1 atom stereocenters. The fraction of sp³-hybridized carbons (Fsp3) is 0.667. The predicted molar refractivity (Wildman–Crippen MR) is 80.6 cm³/mol. The molecule has 0 aromatic heterocycles. The minimum Gasteiger partial charge on any atom is -0.392 e. The molecule has 1 N–H and O–H groups in total. The average molecular weight is 270 g/mol. The zero-order valence-electron chi connectivity index (χ0n) is 12.6. The molecule has 110 valence electrons. The van der Waals surface area contributed by atoms with Crippen molar-refractivity contribution in [1.82, 2.24) is 4.90 Å². The van der Waals surface area contributed by atoms with E-state index >= 15 is 0 Å². The Kier molecular flexibility index (Phi) is 10.3. The Hall–Kier alpha value is -1.00. The van der Waals surface area contributed by atoms with Crippen LogP contribution in [0.5, 0.6) is 0 Å². The Morgan fingerprint density at radius 1 is 1.47 bits per heavy atom. The van der Waals surface area contributed by atoms with Crippen LogP contribution in [0.4, 0.5) is 4.39 Å². The number of rotatable bonds is 9. The molecule has 0 rings (SSSR count). The van der Waals surface area contributed by atoms with Crippen molar-refractivity contribution in [2.45, 2.75) is 20.3 Å². The summed E-state index contributed by atoms with van der Waals surface area (Å²) < 4.78 is 12.1. The minimum absolute atomic E-state index is 0.0740. The van der Waals surface area contributed by atoms with Gasteiger partial charge in [-0.05, 0) is 31.9 Å². The highest BCUT2D eigenvalue weighted by Gasteiger charge is 2.09. The SMILES string of the molecule is CN=CCN(C)C/C(CC(C)/C=C\CF)=C(/C)CO. The van der Waals surface area contributed by atoms with E-state index in [0.717, 1.165) is 25.1 Å². The number of hydrogen-bond acceptors (Lipinski definition) is 3. The number of aliphatic hydroxyl groups excluding tert-OH is 1. The van der Waals surface area contributed by atoms with Gasteiger partial charge in [-0.2, -0.15) is 0 Å². The van der Waals surface area contributed by atoms with Crippen LogP contribution >= 0.6 is 0 Å². The summed E-state index contributed by atoms with van der Waals surface area (Å²) in [6.07, 6.45) is 6.14. The third-order valence-corrected chi connectivity index (χ3v) is 3.00. The number of aliphatic imine (C=N–C) groups is 1. The van der Waals surface area contributed by atoms with Gasteiger partial charge in [0.25, 0.3) is 0 Å². The van der Waals surface area contributed by atoms with Gasteiger partial charge in [-0.1, -0.05) is 24.6 Å². The lowest BCUT2D eigenvalue weighted by Gasteiger charge is -2.20. The number of allylic oxidation sites excluding steroid dienone is 2. The third-order valence-electron chi connectivity index (χ3n) is 3.00. The van der Waals surface area contributed by atoms with Gasteiger partial charge in [0, 0.05) is 26.4 Å². The standard InChI is InChI=1S/C15H27FN2O/c1-13(6-5-7-16)10-15(14(2)12-19)11-18(4)9-8-17-3/h5-6,8,13,19H,7,9-12H2,1-4H3/b6-5-,15-14-,17-8?. The van der Waals surface area contributed by atoms with E-state index in [0.29, 0.717) is 0 Å². The Balaban J connectivity index is 4.61. The highest BCUT2D eigenvalue weighted by Crippen LogP contribution is 2.17. The highest BCUT2D eigenvalue weighted by molar-refractivity contribution is 5.59. The van der Waals surface area contributed by atoms with Crippen molar-refractivity contribution >= 4 is 6.21 Å². The molecule has 0 saturated heterocycles. The second kappa shape index (κ2) is 10.9. The van der Waals surface area contributed by atoms with Gasteiger partial charge in [0.15, 0.2) is 0 Å². The van der Waals surface area contributed by atoms with Gasteiger partial charge < -0.3 is 5.11 Å². The van der Waals surface area contributed by atoms with Crippen molar-refractivity contribution in [3.8, 4) is 0 Å². The molecule has 0 amide bonds. The molecular weight excluding hydrogens is 243 g/mol. The molecule has 0 aliphatic heterocycles. The van der Waals surface area contributed by atoms with Crippen LogP contribution < -0.4 is 0 Å². The molecule has 4 heteroatoms. The second-order valence-electron chi connectivity index (χ2n) is 4.94. The Morgan fingerprint density at radius 2 is 2.16 bits per heavy atom. The van der Waals surface area contributed by atoms with Crippen LogP contribution in [0.15, 0.2) is 28.3 Å². The van der Waals surface area contributed by atoms with Crippen LogP contribution in [0.25, 0.3) is 0 Å². The summed E-state index contributed by atoms with van der Waals surface area (Å²) in [6, 6.07) is 0. The normalized spacial score (nSPS) is 15.5. The van der Waals surface area contributed by atoms with E-state index < -0.39 is 6.67 Å². The molecule has 0 aliphatic carbocycles. The second-order valence-corrected chi connectivity index (χ2v) is 4.94. The molecule has 0 aromatic carbocycles. The fourth-order valence-electron chi connectivity index (χ4n) is 1.84. The lowest BCUT2D eigenvalue weighted by atomic mass is 9.96. The van der Waals surface area contributed by atoms with Crippen molar-refractivity contribution in [2.75, 3.05) is 40.5 Å². The number of nitrogens with zero attached hydrogens (tertiary/aromatic N) is 2. The first-order valence-corrected chi connectivity index (χ1v) is 6.65. The quantitative estimate of drug-likeness (QED) is 0.516. The summed E-state index contributed by atoms with van der Waals surface area (Å²) in [7, 11) is 3.78. The fourth-order valence-corrected chi connectivity index (χ4v) is 1.84. The molecular formula is C15H27FN2O. The predicted octanol–water partition coefficient (Wildman–Crippen LogP) is 2.48. The number of hydrogen-bond donors (Lipinski definition) is 1. The topological polar surface area (TPSA) is 35.8 Å². The summed E-state index contributed by atoms with van der Waals surface area (Å²) in [4.78, 5) is 6.11. The average Bonchev–Trinajstić information content (AvgIpc) is 2.41. The molecule has 0 fully saturated rings. The van der Waals surface area contributed by atoms with Crippen LogP contribution in [0, 0.1) is 5.92 Å². The van der Waals surface area contributed by atoms with Crippen molar-refractivity contribution in [3.63, 3.8) is 0 Å². The molecule has 0 spiro atoms. The monoisotopic (exact) mass is 270 g/mol. The van der Waals surface area contributed by atoms with E-state index in [1.54, 1.807) is 13.1 Å². The Labute approximate surface area is 116 Å². The van der Waals surface area contributed by atoms with Crippen molar-refractivity contribution in [3.05, 3.63) is 23.3 Å². The van der Waals surface area contributed by atoms with E-state index in [2.05, 4.69) is 16.8 Å². The zero-order chi connectivity index (χ0) is 14.7. The summed E-state index contributed by atoms with van der Waals surface area (Å²) in [5, 5.41) is 9.30. The van der Waals surface area contributed by atoms with Gasteiger partial charge in [0.1, 0.15) is 6.67 Å². The van der Waals surface area contributed by atoms with E-state index in [1.807, 2.05) is 26.3 Å². The van der Waals surface area contributed by atoms with Gasteiger partial charge in [-0.15, -0.1) is 0 Å². The maximum absolute atomic E-state index is 12.1. The van der Waals surface area contributed by atoms with E-state index in [4.69, 9.17) is 0 Å². The van der Waals surface area contributed by atoms with Crippen LogP contribution in [-0.2, 0) is 0 Å². The van der Waals surface area contributed by atoms with E-state index in [1.165, 1.54) is 5.57 Å². The molecule has 0 saturated carbocycles. The molecule has 0 heterocycles. The van der Waals surface area contributed by atoms with Gasteiger partial charge in [-0.25, -0.2) is 4.39 Å². The molecule has 0 radical (unpaired) electrons. The molecule has 3 nitrogen and oxygen atoms in total. The number of halogens is 1. The van der Waals surface area contributed by atoms with Crippen LogP contribution in [0.2, 0.25) is 0 Å². The smallest absolute Gasteiger partial charge is 0.108 e. The van der Waals surface area contributed by atoms with Crippen LogP contribution in [0.1, 0.15) is 20.3 Å². The van der Waals surface area contributed by atoms with E-state index in [-0.39, 0.29) is 12.5 Å². The summed E-state index contributed by atoms with van der Waals surface area (Å²) in [6.45, 7) is 5.24. The molecule has 19 heavy (non-hydrogen) atoms. The van der Waals surface area contributed by atoms with E-state index in [9.17, 15) is 9.50 Å². The maximum Gasteiger partial charge on any atom is 0.108 e. The van der Waals surface area contributed by atoms with Crippen LogP contribution in [0.3, 0.4) is 0 Å². The first-order valence-electron chi connectivity index (χ1n) is 6.65. The molecule has 0 bridgehead atoms. The van der Waals surface area contributed by atoms with Gasteiger partial charge in [-0.3, -0.25) is 9.89 Å². The third kappa shape index (κ3) is 8.67. The molecule has 0 aliphatic rings. The van der Waals surface area contributed by atoms with Gasteiger partial charge in [0.05, 0.1) is 6.61 Å². The Bertz CT molecular complexity index is 324. The summed E-state index contributed by atoms with van der Waals surface area (Å²) >= 11 is 0. The first kappa shape index (κ1) is 18.0. The van der Waals surface area contributed by atoms with Gasteiger partial charge >= 0.3 is 0 Å². The van der Waals surface area contributed by atoms with Crippen molar-refractivity contribution < 1.29 is 9.50 Å². The minimum atomic E-state index is -0.421. The Morgan fingerprint density at radius 3 is 2.68 bits per heavy atom. The lowest BCUT2D eigenvalue weighted by molar-refractivity contribution is 0.325. The largest absolute Gasteiger partial charge is 0.392 e. The lowest BCUT2D eigenvalue weighted by Crippen LogP contribution is -2.24. The highest BCUT2D eigenvalue weighted by atomic mass is 19.1. The molecule has 0 aromatic rings. The zero-order valence-corrected chi connectivity index (χ0v) is 12.6. The number of alkyl halides is 1. The summed E-state index contributed by atoms with van der Waals surface area (Å²) in [5.74, 6) is 0.278. The van der Waals surface area contributed by atoms with Crippen molar-refractivity contribution in [2.24, 2.45) is 10.9 Å².